The number of sulfonamides is 1. The number of hydrogen-bond donors (Lipinski definition) is 0. The Morgan fingerprint density at radius 1 is 0.966 bits per heavy atom. The molecule has 156 valence electrons. The minimum atomic E-state index is -3.73. The topological polar surface area (TPSA) is 76.2 Å². The van der Waals surface area contributed by atoms with E-state index in [-0.39, 0.29) is 30.5 Å². The number of methoxy groups -OCH3 is 1. The number of carbonyl (C=O) groups excluding carboxylic acids is 1. The van der Waals surface area contributed by atoms with E-state index in [1.165, 1.54) is 16.4 Å². The fraction of sp³-hybridized carbons (Fsp3) is 0.350. The fourth-order valence-corrected chi connectivity index (χ4v) is 4.52. The molecule has 7 nitrogen and oxygen atoms in total. The Hall–Kier alpha value is -2.65. The second-order valence-corrected chi connectivity index (χ2v) is 8.49. The Balaban J connectivity index is 1.57. The van der Waals surface area contributed by atoms with Gasteiger partial charge in [-0.1, -0.05) is 0 Å². The molecular formula is C20H23FN2O5S. The van der Waals surface area contributed by atoms with Gasteiger partial charge in [0, 0.05) is 26.2 Å². The van der Waals surface area contributed by atoms with Gasteiger partial charge in [0.05, 0.1) is 12.0 Å². The molecule has 0 aliphatic carbocycles. The molecule has 0 bridgehead atoms. The number of halogens is 1. The van der Waals surface area contributed by atoms with Gasteiger partial charge in [-0.05, 0) is 55.0 Å². The van der Waals surface area contributed by atoms with Crippen LogP contribution in [-0.2, 0) is 14.8 Å². The number of hydrogen-bond acceptors (Lipinski definition) is 5. The molecule has 0 spiro atoms. The average Bonchev–Trinajstić information content (AvgIpc) is 2.99. The van der Waals surface area contributed by atoms with Crippen LogP contribution >= 0.6 is 0 Å². The Bertz CT molecular complexity index is 932. The maximum absolute atomic E-state index is 13.1. The number of rotatable bonds is 6. The molecule has 2 aromatic rings. The molecule has 0 radical (unpaired) electrons. The number of carbonyl (C=O) groups is 1. The Morgan fingerprint density at radius 2 is 1.62 bits per heavy atom. The number of benzene rings is 2. The number of nitrogens with zero attached hydrogens (tertiary/aromatic N) is 2. The minimum absolute atomic E-state index is 0.0431. The fourth-order valence-electron chi connectivity index (χ4n) is 3.05. The number of ether oxygens (including phenoxy) is 2. The maximum Gasteiger partial charge on any atom is 0.260 e. The van der Waals surface area contributed by atoms with Crippen molar-refractivity contribution < 1.29 is 27.1 Å². The van der Waals surface area contributed by atoms with Gasteiger partial charge in [-0.2, -0.15) is 4.31 Å². The van der Waals surface area contributed by atoms with E-state index < -0.39 is 15.8 Å². The molecule has 1 amide bonds. The van der Waals surface area contributed by atoms with E-state index in [0.29, 0.717) is 31.0 Å². The van der Waals surface area contributed by atoms with Crippen LogP contribution in [0.4, 0.5) is 4.39 Å². The van der Waals surface area contributed by atoms with Crippen LogP contribution in [0, 0.1) is 5.82 Å². The third-order valence-electron chi connectivity index (χ3n) is 4.68. The van der Waals surface area contributed by atoms with Crippen molar-refractivity contribution in [2.45, 2.75) is 11.3 Å². The van der Waals surface area contributed by atoms with Crippen LogP contribution in [0.3, 0.4) is 0 Å². The highest BCUT2D eigenvalue weighted by Crippen LogP contribution is 2.19. The predicted octanol–water partition coefficient (Wildman–Crippen LogP) is 2.14. The Kier molecular flexibility index (Phi) is 6.71. The summed E-state index contributed by atoms with van der Waals surface area (Å²) in [5.74, 6) is 0.545. The average molecular weight is 422 g/mol. The molecule has 0 aromatic heterocycles. The lowest BCUT2D eigenvalue weighted by molar-refractivity contribution is -0.133. The van der Waals surface area contributed by atoms with E-state index in [0.717, 1.165) is 12.1 Å². The van der Waals surface area contributed by atoms with Crippen molar-refractivity contribution in [2.24, 2.45) is 0 Å². The normalized spacial score (nSPS) is 15.6. The molecule has 0 unspecified atom stereocenters. The molecular weight excluding hydrogens is 399 g/mol. The largest absolute Gasteiger partial charge is 0.497 e. The van der Waals surface area contributed by atoms with Crippen molar-refractivity contribution >= 4 is 15.9 Å². The summed E-state index contributed by atoms with van der Waals surface area (Å²) >= 11 is 0. The molecule has 1 saturated heterocycles. The van der Waals surface area contributed by atoms with Crippen molar-refractivity contribution in [3.8, 4) is 11.5 Å². The summed E-state index contributed by atoms with van der Waals surface area (Å²) in [6.07, 6.45) is 0.509. The molecule has 1 fully saturated rings. The molecule has 3 rings (SSSR count). The maximum atomic E-state index is 13.1. The summed E-state index contributed by atoms with van der Waals surface area (Å²) in [5, 5.41) is 0. The minimum Gasteiger partial charge on any atom is -0.497 e. The van der Waals surface area contributed by atoms with Crippen LogP contribution in [0.1, 0.15) is 6.42 Å². The van der Waals surface area contributed by atoms with Crippen molar-refractivity contribution in [1.82, 2.24) is 9.21 Å². The smallest absolute Gasteiger partial charge is 0.260 e. The number of amides is 1. The van der Waals surface area contributed by atoms with E-state index in [2.05, 4.69) is 0 Å². The summed E-state index contributed by atoms with van der Waals surface area (Å²) in [4.78, 5) is 14.1. The van der Waals surface area contributed by atoms with Gasteiger partial charge in [-0.25, -0.2) is 12.8 Å². The van der Waals surface area contributed by atoms with Gasteiger partial charge >= 0.3 is 0 Å². The Labute approximate surface area is 169 Å². The molecule has 2 aromatic carbocycles. The first kappa shape index (κ1) is 21.1. The molecule has 0 N–H and O–H groups in total. The SMILES string of the molecule is COc1ccc(OCC(=O)N2CCCN(S(=O)(=O)c3ccc(F)cc3)CC2)cc1. The van der Waals surface area contributed by atoms with Gasteiger partial charge in [-0.3, -0.25) is 4.79 Å². The van der Waals surface area contributed by atoms with Crippen LogP contribution in [0.15, 0.2) is 53.4 Å². The predicted molar refractivity (Wildman–Crippen MR) is 105 cm³/mol. The van der Waals surface area contributed by atoms with Gasteiger partial charge in [-0.15, -0.1) is 0 Å². The zero-order valence-electron chi connectivity index (χ0n) is 16.1. The van der Waals surface area contributed by atoms with Crippen molar-refractivity contribution in [1.29, 1.82) is 0 Å². The monoisotopic (exact) mass is 422 g/mol. The van der Waals surface area contributed by atoms with Gasteiger partial charge in [0.25, 0.3) is 5.91 Å². The van der Waals surface area contributed by atoms with Gasteiger partial charge in [0.1, 0.15) is 17.3 Å². The second-order valence-electron chi connectivity index (χ2n) is 6.56. The van der Waals surface area contributed by atoms with E-state index in [1.54, 1.807) is 36.3 Å². The van der Waals surface area contributed by atoms with E-state index in [1.807, 2.05) is 0 Å². The first-order chi connectivity index (χ1) is 13.9. The van der Waals surface area contributed by atoms with Crippen molar-refractivity contribution in [2.75, 3.05) is 39.9 Å². The van der Waals surface area contributed by atoms with Crippen LogP contribution in [0.2, 0.25) is 0 Å². The molecule has 9 heteroatoms. The zero-order chi connectivity index (χ0) is 20.9. The third kappa shape index (κ3) is 5.24. The van der Waals surface area contributed by atoms with Crippen LogP contribution < -0.4 is 9.47 Å². The summed E-state index contributed by atoms with van der Waals surface area (Å²) in [6.45, 7) is 1.05. The molecule has 29 heavy (non-hydrogen) atoms. The zero-order valence-corrected chi connectivity index (χ0v) is 16.9. The molecule has 0 saturated carbocycles. The van der Waals surface area contributed by atoms with E-state index >= 15 is 0 Å². The van der Waals surface area contributed by atoms with E-state index in [9.17, 15) is 17.6 Å². The quantitative estimate of drug-likeness (QED) is 0.713. The third-order valence-corrected chi connectivity index (χ3v) is 6.59. The summed E-state index contributed by atoms with van der Waals surface area (Å²) in [7, 11) is -2.16. The second kappa shape index (κ2) is 9.23. The molecule has 1 aliphatic heterocycles. The van der Waals surface area contributed by atoms with Crippen LogP contribution in [0.5, 0.6) is 11.5 Å². The van der Waals surface area contributed by atoms with Crippen LogP contribution in [-0.4, -0.2) is 63.4 Å². The summed E-state index contributed by atoms with van der Waals surface area (Å²) < 4.78 is 50.5. The highest BCUT2D eigenvalue weighted by molar-refractivity contribution is 7.89. The molecule has 0 atom stereocenters. The first-order valence-electron chi connectivity index (χ1n) is 9.20. The van der Waals surface area contributed by atoms with E-state index in [4.69, 9.17) is 9.47 Å². The lowest BCUT2D eigenvalue weighted by atomic mass is 10.3. The lowest BCUT2D eigenvalue weighted by Gasteiger charge is -2.22. The highest BCUT2D eigenvalue weighted by Gasteiger charge is 2.28. The van der Waals surface area contributed by atoms with Gasteiger partial charge < -0.3 is 14.4 Å². The standard InChI is InChI=1S/C20H23FN2O5S/c1-27-17-5-7-18(8-6-17)28-15-20(24)22-11-2-12-23(14-13-22)29(25,26)19-9-3-16(21)4-10-19/h3-10H,2,11-15H2,1H3. The van der Waals surface area contributed by atoms with Crippen molar-refractivity contribution in [3.05, 3.63) is 54.3 Å². The van der Waals surface area contributed by atoms with Crippen LogP contribution in [0.25, 0.3) is 0 Å². The van der Waals surface area contributed by atoms with Gasteiger partial charge in [0.15, 0.2) is 6.61 Å². The summed E-state index contributed by atoms with van der Waals surface area (Å²) in [5.41, 5.74) is 0. The lowest BCUT2D eigenvalue weighted by Crippen LogP contribution is -2.39. The summed E-state index contributed by atoms with van der Waals surface area (Å²) in [6, 6.07) is 11.7. The first-order valence-corrected chi connectivity index (χ1v) is 10.6. The molecule has 1 heterocycles. The highest BCUT2D eigenvalue weighted by atomic mass is 32.2. The van der Waals surface area contributed by atoms with Crippen molar-refractivity contribution in [3.63, 3.8) is 0 Å². The Morgan fingerprint density at radius 3 is 2.28 bits per heavy atom. The molecule has 1 aliphatic rings. The van der Waals surface area contributed by atoms with Gasteiger partial charge in [0.2, 0.25) is 10.0 Å².